The summed E-state index contributed by atoms with van der Waals surface area (Å²) >= 11 is 0. The fraction of sp³-hybridized carbons (Fsp3) is 0.381. The van der Waals surface area contributed by atoms with Gasteiger partial charge in [0.05, 0.1) is 17.6 Å². The molecule has 0 atom stereocenters. The molecule has 1 saturated heterocycles. The fourth-order valence-electron chi connectivity index (χ4n) is 3.49. The molecule has 3 rings (SSSR count). The van der Waals surface area contributed by atoms with E-state index in [1.165, 1.54) is 24.8 Å². The number of anilines is 1. The molecule has 1 aliphatic heterocycles. The topological polar surface area (TPSA) is 105 Å². The molecule has 9 heteroatoms. The second kappa shape index (κ2) is 10.0. The summed E-state index contributed by atoms with van der Waals surface area (Å²) in [6.07, 6.45) is 0. The Balaban J connectivity index is 1.51. The van der Waals surface area contributed by atoms with Crippen molar-refractivity contribution in [1.82, 2.24) is 9.80 Å². The van der Waals surface area contributed by atoms with Crippen molar-refractivity contribution in [3.8, 4) is 0 Å². The van der Waals surface area contributed by atoms with Gasteiger partial charge in [0.2, 0.25) is 10.0 Å². The maximum absolute atomic E-state index is 12.1. The smallest absolute Gasteiger partial charge is 0.340 e. The van der Waals surface area contributed by atoms with Gasteiger partial charge in [-0.2, -0.15) is 0 Å². The van der Waals surface area contributed by atoms with Crippen molar-refractivity contribution in [2.75, 3.05) is 51.7 Å². The zero-order chi connectivity index (χ0) is 21.6. The summed E-state index contributed by atoms with van der Waals surface area (Å²) in [5, 5.41) is 8.38. The SMILES string of the molecule is COC(=O)c1cc(S(N)(=O)=O)ccc1NCCN1CCN(Cc2ccccc2)CC1. The molecule has 8 nitrogen and oxygen atoms in total. The van der Waals surface area contributed by atoms with Crippen LogP contribution < -0.4 is 10.5 Å². The van der Waals surface area contributed by atoms with Gasteiger partial charge in [0.1, 0.15) is 0 Å². The lowest BCUT2D eigenvalue weighted by atomic mass is 10.1. The summed E-state index contributed by atoms with van der Waals surface area (Å²) in [6, 6.07) is 14.6. The summed E-state index contributed by atoms with van der Waals surface area (Å²) in [5.41, 5.74) is 2.00. The first kappa shape index (κ1) is 22.2. The Morgan fingerprint density at radius 3 is 2.37 bits per heavy atom. The minimum absolute atomic E-state index is 0.122. The quantitative estimate of drug-likeness (QED) is 0.607. The molecule has 0 aliphatic carbocycles. The van der Waals surface area contributed by atoms with Crippen LogP contribution in [0.15, 0.2) is 53.4 Å². The maximum Gasteiger partial charge on any atom is 0.340 e. The Hall–Kier alpha value is -2.46. The number of nitrogens with zero attached hydrogens (tertiary/aromatic N) is 2. The lowest BCUT2D eigenvalue weighted by Gasteiger charge is -2.34. The van der Waals surface area contributed by atoms with Gasteiger partial charge in [-0.05, 0) is 23.8 Å². The van der Waals surface area contributed by atoms with E-state index in [9.17, 15) is 13.2 Å². The summed E-state index contributed by atoms with van der Waals surface area (Å²) in [7, 11) is -2.64. The van der Waals surface area contributed by atoms with Gasteiger partial charge in [0.25, 0.3) is 0 Å². The van der Waals surface area contributed by atoms with Crippen molar-refractivity contribution >= 4 is 21.7 Å². The number of nitrogens with two attached hydrogens (primary N) is 1. The zero-order valence-corrected chi connectivity index (χ0v) is 17.9. The van der Waals surface area contributed by atoms with Gasteiger partial charge in [-0.1, -0.05) is 30.3 Å². The molecule has 162 valence electrons. The fourth-order valence-corrected chi connectivity index (χ4v) is 4.03. The number of carbonyl (C=O) groups excluding carboxylic acids is 1. The molecule has 30 heavy (non-hydrogen) atoms. The van der Waals surface area contributed by atoms with E-state index in [0.29, 0.717) is 12.2 Å². The minimum atomic E-state index is -3.90. The number of piperazine rings is 1. The highest BCUT2D eigenvalue weighted by Gasteiger charge is 2.19. The third-order valence-electron chi connectivity index (χ3n) is 5.18. The molecule has 0 amide bonds. The number of nitrogens with one attached hydrogen (secondary N) is 1. The van der Waals surface area contributed by atoms with E-state index in [2.05, 4.69) is 39.4 Å². The number of carbonyl (C=O) groups is 1. The van der Waals surface area contributed by atoms with Crippen LogP contribution in [-0.2, 0) is 21.3 Å². The molecular weight excluding hydrogens is 404 g/mol. The van der Waals surface area contributed by atoms with Crippen LogP contribution in [0.1, 0.15) is 15.9 Å². The van der Waals surface area contributed by atoms with E-state index in [4.69, 9.17) is 9.88 Å². The molecule has 0 radical (unpaired) electrons. The molecule has 0 saturated carbocycles. The van der Waals surface area contributed by atoms with Gasteiger partial charge in [0, 0.05) is 51.5 Å². The Kier molecular flexibility index (Phi) is 7.43. The Labute approximate surface area is 177 Å². The van der Waals surface area contributed by atoms with Crippen LogP contribution in [0.25, 0.3) is 0 Å². The minimum Gasteiger partial charge on any atom is -0.465 e. The van der Waals surface area contributed by atoms with E-state index in [1.54, 1.807) is 6.07 Å². The average molecular weight is 433 g/mol. The lowest BCUT2D eigenvalue weighted by Crippen LogP contribution is -2.47. The summed E-state index contributed by atoms with van der Waals surface area (Å²) in [4.78, 5) is 16.7. The van der Waals surface area contributed by atoms with Crippen LogP contribution in [0.3, 0.4) is 0 Å². The van der Waals surface area contributed by atoms with E-state index in [0.717, 1.165) is 39.3 Å². The summed E-state index contributed by atoms with van der Waals surface area (Å²) in [6.45, 7) is 6.36. The molecule has 1 heterocycles. The van der Waals surface area contributed by atoms with E-state index < -0.39 is 16.0 Å². The number of hydrogen-bond donors (Lipinski definition) is 2. The van der Waals surface area contributed by atoms with Crippen LogP contribution in [-0.4, -0.2) is 70.6 Å². The van der Waals surface area contributed by atoms with Gasteiger partial charge in [-0.25, -0.2) is 18.4 Å². The second-order valence-electron chi connectivity index (χ2n) is 7.27. The number of ether oxygens (including phenoxy) is 1. The molecule has 0 bridgehead atoms. The number of sulfonamides is 1. The number of rotatable bonds is 8. The first-order valence-electron chi connectivity index (χ1n) is 9.84. The number of primary sulfonamides is 1. The number of benzene rings is 2. The number of esters is 1. The van der Waals surface area contributed by atoms with Gasteiger partial charge in [0.15, 0.2) is 0 Å². The van der Waals surface area contributed by atoms with Crippen molar-refractivity contribution in [2.24, 2.45) is 5.14 Å². The lowest BCUT2D eigenvalue weighted by molar-refractivity contribution is 0.0601. The van der Waals surface area contributed by atoms with Gasteiger partial charge in [-0.15, -0.1) is 0 Å². The first-order valence-corrected chi connectivity index (χ1v) is 11.4. The molecule has 0 aromatic heterocycles. The predicted octanol–water partition coefficient (Wildman–Crippen LogP) is 1.35. The van der Waals surface area contributed by atoms with Gasteiger partial charge in [-0.3, -0.25) is 9.80 Å². The molecule has 0 spiro atoms. The van der Waals surface area contributed by atoms with Crippen molar-refractivity contribution < 1.29 is 17.9 Å². The third-order valence-corrected chi connectivity index (χ3v) is 6.09. The van der Waals surface area contributed by atoms with Gasteiger partial charge >= 0.3 is 5.97 Å². The van der Waals surface area contributed by atoms with Crippen LogP contribution in [0.4, 0.5) is 5.69 Å². The molecule has 1 aliphatic rings. The molecule has 2 aromatic carbocycles. The molecular formula is C21H28N4O4S. The highest BCUT2D eigenvalue weighted by atomic mass is 32.2. The van der Waals surface area contributed by atoms with Crippen molar-refractivity contribution in [2.45, 2.75) is 11.4 Å². The van der Waals surface area contributed by atoms with Crippen molar-refractivity contribution in [3.63, 3.8) is 0 Å². The maximum atomic E-state index is 12.1. The van der Waals surface area contributed by atoms with Crippen LogP contribution in [0.5, 0.6) is 0 Å². The Morgan fingerprint density at radius 1 is 1.07 bits per heavy atom. The third kappa shape index (κ3) is 6.02. The first-order chi connectivity index (χ1) is 14.4. The molecule has 0 unspecified atom stereocenters. The largest absolute Gasteiger partial charge is 0.465 e. The highest BCUT2D eigenvalue weighted by molar-refractivity contribution is 7.89. The summed E-state index contributed by atoms with van der Waals surface area (Å²) < 4.78 is 27.9. The monoisotopic (exact) mass is 432 g/mol. The number of methoxy groups -OCH3 is 1. The average Bonchev–Trinajstić information content (AvgIpc) is 2.74. The van der Waals surface area contributed by atoms with Crippen molar-refractivity contribution in [3.05, 3.63) is 59.7 Å². The van der Waals surface area contributed by atoms with Crippen LogP contribution in [0.2, 0.25) is 0 Å². The van der Waals surface area contributed by atoms with Crippen molar-refractivity contribution in [1.29, 1.82) is 0 Å². The van der Waals surface area contributed by atoms with E-state index in [-0.39, 0.29) is 10.5 Å². The molecule has 3 N–H and O–H groups in total. The van der Waals surface area contributed by atoms with Crippen LogP contribution >= 0.6 is 0 Å². The standard InChI is InChI=1S/C21H28N4O4S/c1-29-21(26)19-15-18(30(22,27)28)7-8-20(19)23-9-10-24-11-13-25(14-12-24)16-17-5-3-2-4-6-17/h2-8,15,23H,9-14,16H2,1H3,(H2,22,27,28). The zero-order valence-electron chi connectivity index (χ0n) is 17.1. The Morgan fingerprint density at radius 2 is 1.73 bits per heavy atom. The summed E-state index contributed by atoms with van der Waals surface area (Å²) in [5.74, 6) is -0.613. The molecule has 2 aromatic rings. The van der Waals surface area contributed by atoms with E-state index in [1.807, 2.05) is 6.07 Å². The predicted molar refractivity (Wildman–Crippen MR) is 116 cm³/mol. The molecule has 1 fully saturated rings. The number of hydrogen-bond acceptors (Lipinski definition) is 7. The van der Waals surface area contributed by atoms with Crippen LogP contribution in [0, 0.1) is 0 Å². The highest BCUT2D eigenvalue weighted by Crippen LogP contribution is 2.21. The Bertz CT molecular complexity index is 958. The van der Waals surface area contributed by atoms with Gasteiger partial charge < -0.3 is 10.1 Å². The normalized spacial score (nSPS) is 15.7. The second-order valence-corrected chi connectivity index (χ2v) is 8.84. The van der Waals surface area contributed by atoms with E-state index >= 15 is 0 Å².